The van der Waals surface area contributed by atoms with E-state index in [0.717, 1.165) is 12.8 Å². The van der Waals surface area contributed by atoms with Crippen LogP contribution in [0.5, 0.6) is 0 Å². The maximum atomic E-state index is 12.6. The minimum absolute atomic E-state index is 0.0623. The number of carbonyl (C=O) groups excluding carboxylic acids is 3. The van der Waals surface area contributed by atoms with Crippen molar-refractivity contribution in [1.29, 1.82) is 0 Å². The molecule has 1 fully saturated rings. The van der Waals surface area contributed by atoms with E-state index in [1.807, 2.05) is 6.08 Å². The van der Waals surface area contributed by atoms with Crippen molar-refractivity contribution in [3.05, 3.63) is 23.3 Å². The Morgan fingerprint density at radius 1 is 1.27 bits per heavy atom. The topological polar surface area (TPSA) is 95.7 Å². The quantitative estimate of drug-likeness (QED) is 0.743. The molecule has 1 heterocycles. The fourth-order valence-electron chi connectivity index (χ4n) is 3.88. The Balaban J connectivity index is 2.11. The molecular formula is C19H30N4O3. The van der Waals surface area contributed by atoms with E-state index in [0.29, 0.717) is 6.54 Å². The molecule has 0 bridgehead atoms. The normalized spacial score (nSPS) is 23.3. The van der Waals surface area contributed by atoms with E-state index in [9.17, 15) is 14.4 Å². The van der Waals surface area contributed by atoms with E-state index in [1.165, 1.54) is 29.5 Å². The molecule has 7 heteroatoms. The summed E-state index contributed by atoms with van der Waals surface area (Å²) in [6.45, 7) is 7.29. The third kappa shape index (κ3) is 4.26. The van der Waals surface area contributed by atoms with Gasteiger partial charge in [0.25, 0.3) is 0 Å². The van der Waals surface area contributed by atoms with Crippen LogP contribution in [0.15, 0.2) is 23.3 Å². The van der Waals surface area contributed by atoms with Crippen LogP contribution in [-0.4, -0.2) is 60.4 Å². The number of rotatable bonds is 3. The van der Waals surface area contributed by atoms with Crippen LogP contribution in [0.3, 0.4) is 0 Å². The number of nitrogens with zero attached hydrogens (tertiary/aromatic N) is 2. The molecule has 1 saturated heterocycles. The van der Waals surface area contributed by atoms with Crippen molar-refractivity contribution in [2.75, 3.05) is 26.7 Å². The second-order valence-electron chi connectivity index (χ2n) is 7.72. The monoisotopic (exact) mass is 362 g/mol. The van der Waals surface area contributed by atoms with E-state index in [-0.39, 0.29) is 30.4 Å². The Kier molecular flexibility index (Phi) is 6.10. The minimum Gasteiger partial charge on any atom is -0.368 e. The highest BCUT2D eigenvalue weighted by atomic mass is 16.2. The first-order chi connectivity index (χ1) is 12.2. The first kappa shape index (κ1) is 20.0. The lowest BCUT2D eigenvalue weighted by atomic mass is 9.72. The predicted octanol–water partition coefficient (Wildman–Crippen LogP) is 1.41. The summed E-state index contributed by atoms with van der Waals surface area (Å²) in [5, 5.41) is 2.50. The average molecular weight is 362 g/mol. The highest BCUT2D eigenvalue weighted by Gasteiger charge is 2.35. The molecule has 7 nitrogen and oxygen atoms in total. The lowest BCUT2D eigenvalue weighted by Crippen LogP contribution is -2.62. The van der Waals surface area contributed by atoms with Gasteiger partial charge in [-0.2, -0.15) is 0 Å². The van der Waals surface area contributed by atoms with E-state index >= 15 is 0 Å². The second-order valence-corrected chi connectivity index (χ2v) is 7.72. The van der Waals surface area contributed by atoms with E-state index in [2.05, 4.69) is 26.1 Å². The van der Waals surface area contributed by atoms with Gasteiger partial charge >= 0.3 is 6.03 Å². The van der Waals surface area contributed by atoms with Crippen LogP contribution >= 0.6 is 0 Å². The van der Waals surface area contributed by atoms with Crippen molar-refractivity contribution in [2.24, 2.45) is 11.1 Å². The summed E-state index contributed by atoms with van der Waals surface area (Å²) in [5.74, 6) is -0.767. The van der Waals surface area contributed by atoms with Gasteiger partial charge in [0, 0.05) is 26.2 Å². The lowest BCUT2D eigenvalue weighted by Gasteiger charge is -2.39. The standard InChI is InChI=1S/C19H30N4O3/c1-13-6-5-9-19(2,3)14(13)7-8-16(24)22-10-11-23(18(26)21-4)15(12-22)17(20)25/h7-8,15H,5-6,9-12H2,1-4H3,(H2,20,25)(H,21,26). The molecule has 1 aliphatic heterocycles. The van der Waals surface area contributed by atoms with Crippen LogP contribution in [0, 0.1) is 5.41 Å². The SMILES string of the molecule is CNC(=O)N1CCN(C(=O)C=CC2=C(C)CCCC2(C)C)CC1C(N)=O. The summed E-state index contributed by atoms with van der Waals surface area (Å²) in [4.78, 5) is 39.2. The van der Waals surface area contributed by atoms with Crippen LogP contribution in [0.1, 0.15) is 40.0 Å². The number of hydrogen-bond acceptors (Lipinski definition) is 3. The number of urea groups is 1. The van der Waals surface area contributed by atoms with Gasteiger partial charge < -0.3 is 20.9 Å². The molecule has 0 spiro atoms. The van der Waals surface area contributed by atoms with Crippen molar-refractivity contribution < 1.29 is 14.4 Å². The highest BCUT2D eigenvalue weighted by Crippen LogP contribution is 2.40. The Morgan fingerprint density at radius 3 is 2.54 bits per heavy atom. The van der Waals surface area contributed by atoms with Crippen LogP contribution in [0.2, 0.25) is 0 Å². The summed E-state index contributed by atoms with van der Waals surface area (Å²) in [6, 6.07) is -1.17. The van der Waals surface area contributed by atoms with Gasteiger partial charge in [0.2, 0.25) is 11.8 Å². The number of nitrogens with one attached hydrogen (secondary N) is 1. The van der Waals surface area contributed by atoms with Crippen molar-refractivity contribution in [3.8, 4) is 0 Å². The van der Waals surface area contributed by atoms with Crippen molar-refractivity contribution >= 4 is 17.8 Å². The van der Waals surface area contributed by atoms with Crippen LogP contribution < -0.4 is 11.1 Å². The second kappa shape index (κ2) is 7.93. The fourth-order valence-corrected chi connectivity index (χ4v) is 3.88. The summed E-state index contributed by atoms with van der Waals surface area (Å²) in [5.41, 5.74) is 8.03. The van der Waals surface area contributed by atoms with E-state index in [4.69, 9.17) is 5.73 Å². The van der Waals surface area contributed by atoms with Gasteiger partial charge in [-0.1, -0.05) is 25.5 Å². The van der Waals surface area contributed by atoms with Gasteiger partial charge in [-0.3, -0.25) is 9.59 Å². The Hall–Kier alpha value is -2.31. The molecule has 2 rings (SSSR count). The number of allylic oxidation sites excluding steroid dienone is 3. The highest BCUT2D eigenvalue weighted by molar-refractivity contribution is 5.91. The summed E-state index contributed by atoms with van der Waals surface area (Å²) >= 11 is 0. The van der Waals surface area contributed by atoms with Gasteiger partial charge in [0.05, 0.1) is 6.54 Å². The third-order valence-corrected chi connectivity index (χ3v) is 5.43. The molecule has 4 amide bonds. The van der Waals surface area contributed by atoms with Gasteiger partial charge in [-0.15, -0.1) is 0 Å². The largest absolute Gasteiger partial charge is 0.368 e. The molecule has 0 aromatic carbocycles. The van der Waals surface area contributed by atoms with Gasteiger partial charge in [0.1, 0.15) is 6.04 Å². The number of primary amides is 1. The number of carbonyl (C=O) groups is 3. The number of piperazine rings is 1. The van der Waals surface area contributed by atoms with E-state index < -0.39 is 11.9 Å². The third-order valence-electron chi connectivity index (χ3n) is 5.43. The molecule has 1 atom stereocenters. The molecule has 144 valence electrons. The van der Waals surface area contributed by atoms with Crippen LogP contribution in [-0.2, 0) is 9.59 Å². The van der Waals surface area contributed by atoms with Crippen LogP contribution in [0.4, 0.5) is 4.79 Å². The lowest BCUT2D eigenvalue weighted by molar-refractivity contribution is -0.132. The first-order valence-corrected chi connectivity index (χ1v) is 9.12. The summed E-state index contributed by atoms with van der Waals surface area (Å²) < 4.78 is 0. The summed E-state index contributed by atoms with van der Waals surface area (Å²) in [7, 11) is 1.50. The Labute approximate surface area is 155 Å². The van der Waals surface area contributed by atoms with Gasteiger partial charge in [-0.25, -0.2) is 4.79 Å². The smallest absolute Gasteiger partial charge is 0.317 e. The van der Waals surface area contributed by atoms with Crippen molar-refractivity contribution in [1.82, 2.24) is 15.1 Å². The fraction of sp³-hybridized carbons (Fsp3) is 0.632. The maximum Gasteiger partial charge on any atom is 0.317 e. The zero-order valence-electron chi connectivity index (χ0n) is 16.2. The Bertz CT molecular complexity index is 651. The molecule has 1 aliphatic carbocycles. The van der Waals surface area contributed by atoms with Crippen LogP contribution in [0.25, 0.3) is 0 Å². The Morgan fingerprint density at radius 2 is 1.96 bits per heavy atom. The molecule has 26 heavy (non-hydrogen) atoms. The average Bonchev–Trinajstić information content (AvgIpc) is 2.59. The molecule has 0 aromatic rings. The van der Waals surface area contributed by atoms with Crippen molar-refractivity contribution in [2.45, 2.75) is 46.1 Å². The molecular weight excluding hydrogens is 332 g/mol. The van der Waals surface area contributed by atoms with Crippen molar-refractivity contribution in [3.63, 3.8) is 0 Å². The number of amides is 4. The number of hydrogen-bond donors (Lipinski definition) is 2. The van der Waals surface area contributed by atoms with Gasteiger partial charge in [-0.05, 0) is 37.2 Å². The number of nitrogens with two attached hydrogens (primary N) is 1. The minimum atomic E-state index is -0.812. The molecule has 3 N–H and O–H groups in total. The molecule has 0 radical (unpaired) electrons. The van der Waals surface area contributed by atoms with E-state index in [1.54, 1.807) is 11.0 Å². The summed E-state index contributed by atoms with van der Waals surface area (Å²) in [6.07, 6.45) is 6.84. The zero-order chi connectivity index (χ0) is 19.5. The zero-order valence-corrected chi connectivity index (χ0v) is 16.2. The predicted molar refractivity (Wildman–Crippen MR) is 100 cm³/mol. The molecule has 0 aromatic heterocycles. The van der Waals surface area contributed by atoms with Gasteiger partial charge in [0.15, 0.2) is 0 Å². The maximum absolute atomic E-state index is 12.6. The molecule has 0 saturated carbocycles. The molecule has 1 unspecified atom stereocenters. The molecule has 2 aliphatic rings. The first-order valence-electron chi connectivity index (χ1n) is 9.12.